The molecule has 0 heterocycles. The third kappa shape index (κ3) is 3.43. The van der Waals surface area contributed by atoms with E-state index in [-0.39, 0.29) is 11.9 Å². The summed E-state index contributed by atoms with van der Waals surface area (Å²) >= 11 is 0. The molecule has 1 atom stereocenters. The summed E-state index contributed by atoms with van der Waals surface area (Å²) in [5.41, 5.74) is 0.493. The van der Waals surface area contributed by atoms with E-state index in [0.29, 0.717) is 17.7 Å². The number of carbonyl (C=O) groups excluding carboxylic acids is 1. The molecular formula is C12H13NO2. The smallest absolute Gasteiger partial charge is 0.137 e. The van der Waals surface area contributed by atoms with Crippen LogP contribution in [-0.4, -0.2) is 11.9 Å². The lowest BCUT2D eigenvalue weighted by atomic mass is 10.2. The number of nitrogens with zero attached hydrogens (tertiary/aromatic N) is 1. The van der Waals surface area contributed by atoms with E-state index >= 15 is 0 Å². The quantitative estimate of drug-likeness (QED) is 0.754. The summed E-state index contributed by atoms with van der Waals surface area (Å²) in [5, 5.41) is 8.82. The van der Waals surface area contributed by atoms with Crippen molar-refractivity contribution in [3.63, 3.8) is 0 Å². The Balaban J connectivity index is 2.72. The predicted molar refractivity (Wildman–Crippen MR) is 56.5 cm³/mol. The fourth-order valence-corrected chi connectivity index (χ4v) is 1.33. The third-order valence-corrected chi connectivity index (χ3v) is 1.91. The Bertz CT molecular complexity index is 393. The summed E-state index contributed by atoms with van der Waals surface area (Å²) < 4.78 is 5.50. The van der Waals surface area contributed by atoms with Crippen LogP contribution in [0.1, 0.15) is 25.8 Å². The number of carbonyl (C=O) groups is 1. The third-order valence-electron chi connectivity index (χ3n) is 1.91. The Morgan fingerprint density at radius 2 is 2.20 bits per heavy atom. The largest absolute Gasteiger partial charge is 0.489 e. The van der Waals surface area contributed by atoms with Gasteiger partial charge in [0.15, 0.2) is 0 Å². The van der Waals surface area contributed by atoms with Crippen LogP contribution < -0.4 is 4.74 Å². The molecule has 0 saturated carbocycles. The van der Waals surface area contributed by atoms with Gasteiger partial charge in [-0.3, -0.25) is 4.79 Å². The van der Waals surface area contributed by atoms with E-state index in [9.17, 15) is 4.79 Å². The van der Waals surface area contributed by atoms with Crippen molar-refractivity contribution in [1.29, 1.82) is 5.26 Å². The van der Waals surface area contributed by atoms with Gasteiger partial charge in [0.1, 0.15) is 23.7 Å². The van der Waals surface area contributed by atoms with E-state index in [1.54, 1.807) is 24.3 Å². The SMILES string of the molecule is CC(=O)CC(C)Oc1ccccc1C#N. The second-order valence-corrected chi connectivity index (χ2v) is 3.44. The molecule has 1 aromatic rings. The van der Waals surface area contributed by atoms with Gasteiger partial charge in [-0.1, -0.05) is 12.1 Å². The van der Waals surface area contributed by atoms with Gasteiger partial charge in [-0.15, -0.1) is 0 Å². The summed E-state index contributed by atoms with van der Waals surface area (Å²) in [6, 6.07) is 9.05. The molecule has 0 radical (unpaired) electrons. The van der Waals surface area contributed by atoms with Gasteiger partial charge < -0.3 is 4.74 Å². The lowest BCUT2D eigenvalue weighted by molar-refractivity contribution is -0.118. The van der Waals surface area contributed by atoms with Crippen molar-refractivity contribution >= 4 is 5.78 Å². The van der Waals surface area contributed by atoms with Crippen LogP contribution >= 0.6 is 0 Å². The van der Waals surface area contributed by atoms with Crippen LogP contribution in [0.2, 0.25) is 0 Å². The molecule has 0 bridgehead atoms. The summed E-state index contributed by atoms with van der Waals surface area (Å²) in [7, 11) is 0. The molecule has 78 valence electrons. The monoisotopic (exact) mass is 203 g/mol. The molecule has 1 rings (SSSR count). The fraction of sp³-hybridized carbons (Fsp3) is 0.333. The number of Topliss-reactive ketones (excluding diaryl/α,β-unsaturated/α-hetero) is 1. The zero-order valence-electron chi connectivity index (χ0n) is 8.86. The molecular weight excluding hydrogens is 190 g/mol. The first-order valence-corrected chi connectivity index (χ1v) is 4.78. The number of rotatable bonds is 4. The molecule has 1 unspecified atom stereocenters. The zero-order chi connectivity index (χ0) is 11.3. The normalized spacial score (nSPS) is 11.5. The van der Waals surface area contributed by atoms with E-state index in [1.807, 2.05) is 13.0 Å². The Hall–Kier alpha value is -1.82. The van der Waals surface area contributed by atoms with Crippen LogP contribution in [0.3, 0.4) is 0 Å². The van der Waals surface area contributed by atoms with E-state index in [1.165, 1.54) is 6.92 Å². The molecule has 1 aromatic carbocycles. The molecule has 15 heavy (non-hydrogen) atoms. The number of ether oxygens (including phenoxy) is 1. The van der Waals surface area contributed by atoms with Crippen LogP contribution in [0.4, 0.5) is 0 Å². The summed E-state index contributed by atoms with van der Waals surface area (Å²) in [6.07, 6.45) is 0.164. The molecule has 0 aromatic heterocycles. The van der Waals surface area contributed by atoms with Crippen LogP contribution in [0.15, 0.2) is 24.3 Å². The van der Waals surface area contributed by atoms with Crippen molar-refractivity contribution in [3.8, 4) is 11.8 Å². The Morgan fingerprint density at radius 3 is 2.80 bits per heavy atom. The van der Waals surface area contributed by atoms with Crippen molar-refractivity contribution in [2.45, 2.75) is 26.4 Å². The number of hydrogen-bond acceptors (Lipinski definition) is 3. The average molecular weight is 203 g/mol. The molecule has 0 aliphatic rings. The minimum Gasteiger partial charge on any atom is -0.489 e. The second-order valence-electron chi connectivity index (χ2n) is 3.44. The topological polar surface area (TPSA) is 50.1 Å². The van der Waals surface area contributed by atoms with Gasteiger partial charge in [-0.25, -0.2) is 0 Å². The molecule has 3 heteroatoms. The molecule has 0 aliphatic carbocycles. The number of nitriles is 1. The Kier molecular flexibility index (Phi) is 3.87. The molecule has 0 N–H and O–H groups in total. The van der Waals surface area contributed by atoms with Gasteiger partial charge in [-0.05, 0) is 26.0 Å². The first kappa shape index (κ1) is 11.3. The molecule has 0 aliphatic heterocycles. The predicted octanol–water partition coefficient (Wildman–Crippen LogP) is 2.30. The van der Waals surface area contributed by atoms with Crippen molar-refractivity contribution in [2.24, 2.45) is 0 Å². The molecule has 0 amide bonds. The highest BCUT2D eigenvalue weighted by molar-refractivity contribution is 5.75. The second kappa shape index (κ2) is 5.16. The van der Waals surface area contributed by atoms with Crippen molar-refractivity contribution in [3.05, 3.63) is 29.8 Å². The number of hydrogen-bond donors (Lipinski definition) is 0. The maximum Gasteiger partial charge on any atom is 0.137 e. The average Bonchev–Trinajstić information content (AvgIpc) is 2.17. The standard InChI is InChI=1S/C12H13NO2/c1-9(14)7-10(2)15-12-6-4-3-5-11(12)8-13/h3-6,10H,7H2,1-2H3. The van der Waals surface area contributed by atoms with Crippen molar-refractivity contribution < 1.29 is 9.53 Å². The van der Waals surface area contributed by atoms with E-state index in [4.69, 9.17) is 10.00 Å². The minimum absolute atomic E-state index is 0.0805. The van der Waals surface area contributed by atoms with Gasteiger partial charge >= 0.3 is 0 Å². The number of benzene rings is 1. The highest BCUT2D eigenvalue weighted by atomic mass is 16.5. The molecule has 0 saturated heterocycles. The molecule has 0 spiro atoms. The van der Waals surface area contributed by atoms with Crippen molar-refractivity contribution in [2.75, 3.05) is 0 Å². The highest BCUT2D eigenvalue weighted by Crippen LogP contribution is 2.18. The number of para-hydroxylation sites is 1. The van der Waals surface area contributed by atoms with Crippen LogP contribution in [-0.2, 0) is 4.79 Å². The highest BCUT2D eigenvalue weighted by Gasteiger charge is 2.09. The van der Waals surface area contributed by atoms with Crippen LogP contribution in [0.5, 0.6) is 5.75 Å². The zero-order valence-corrected chi connectivity index (χ0v) is 8.86. The van der Waals surface area contributed by atoms with E-state index < -0.39 is 0 Å². The maximum atomic E-state index is 10.9. The minimum atomic E-state index is -0.197. The van der Waals surface area contributed by atoms with E-state index in [2.05, 4.69) is 0 Å². The van der Waals surface area contributed by atoms with Crippen molar-refractivity contribution in [1.82, 2.24) is 0 Å². The lowest BCUT2D eigenvalue weighted by Crippen LogP contribution is -2.15. The summed E-state index contributed by atoms with van der Waals surface area (Å²) in [6.45, 7) is 3.34. The summed E-state index contributed by atoms with van der Waals surface area (Å²) in [5.74, 6) is 0.616. The molecule has 0 fully saturated rings. The van der Waals surface area contributed by atoms with Gasteiger partial charge in [0.25, 0.3) is 0 Å². The Morgan fingerprint density at radius 1 is 1.53 bits per heavy atom. The van der Waals surface area contributed by atoms with Gasteiger partial charge in [-0.2, -0.15) is 5.26 Å². The number of ketones is 1. The van der Waals surface area contributed by atoms with Crippen LogP contribution in [0.25, 0.3) is 0 Å². The van der Waals surface area contributed by atoms with E-state index in [0.717, 1.165) is 0 Å². The fourth-order valence-electron chi connectivity index (χ4n) is 1.33. The first-order chi connectivity index (χ1) is 7.13. The van der Waals surface area contributed by atoms with Gasteiger partial charge in [0, 0.05) is 6.42 Å². The van der Waals surface area contributed by atoms with Gasteiger partial charge in [0.2, 0.25) is 0 Å². The maximum absolute atomic E-state index is 10.9. The lowest BCUT2D eigenvalue weighted by Gasteiger charge is -2.13. The van der Waals surface area contributed by atoms with Crippen LogP contribution in [0, 0.1) is 11.3 Å². The molecule has 3 nitrogen and oxygen atoms in total. The summed E-state index contributed by atoms with van der Waals surface area (Å²) in [4.78, 5) is 10.9. The Labute approximate surface area is 89.3 Å². The first-order valence-electron chi connectivity index (χ1n) is 4.78. The van der Waals surface area contributed by atoms with Gasteiger partial charge in [0.05, 0.1) is 5.56 Å².